The molecule has 94 valence electrons. The van der Waals surface area contributed by atoms with E-state index in [4.69, 9.17) is 5.11 Å². The molecule has 0 aliphatic carbocycles. The van der Waals surface area contributed by atoms with E-state index >= 15 is 0 Å². The Balaban J connectivity index is 2.70. The van der Waals surface area contributed by atoms with Crippen molar-refractivity contribution in [2.75, 3.05) is 13.6 Å². The van der Waals surface area contributed by atoms with Crippen LogP contribution in [0, 0.1) is 0 Å². The molecule has 0 amide bonds. The van der Waals surface area contributed by atoms with Gasteiger partial charge >= 0.3 is 0 Å². The molecule has 1 aromatic carbocycles. The molecule has 0 fully saturated rings. The molecular weight excluding hydrogens is 214 g/mol. The van der Waals surface area contributed by atoms with Crippen molar-refractivity contribution in [2.45, 2.75) is 32.7 Å². The third kappa shape index (κ3) is 3.56. The maximum absolute atomic E-state index is 12.0. The number of aromatic hydroxyl groups is 1. The molecule has 1 aromatic rings. The fourth-order valence-corrected chi connectivity index (χ4v) is 1.44. The molecule has 1 rings (SSSR count). The molecule has 0 aliphatic heterocycles. The minimum atomic E-state index is 0.0204. The Morgan fingerprint density at radius 1 is 1.29 bits per heavy atom. The molecule has 0 aromatic heterocycles. The summed E-state index contributed by atoms with van der Waals surface area (Å²) < 4.78 is 0. The second-order valence-corrected chi connectivity index (χ2v) is 4.99. The predicted octanol–water partition coefficient (Wildman–Crippen LogP) is 2.70. The van der Waals surface area contributed by atoms with Crippen molar-refractivity contribution < 1.29 is 9.90 Å². The lowest BCUT2D eigenvalue weighted by Gasteiger charge is -2.34. The molecule has 0 heterocycles. The molecule has 0 saturated carbocycles. The van der Waals surface area contributed by atoms with Crippen LogP contribution >= 0.6 is 0 Å². The van der Waals surface area contributed by atoms with Crippen LogP contribution in [-0.4, -0.2) is 34.9 Å². The number of carbonyl (C=O) groups excluding carboxylic acids is 1. The summed E-state index contributed by atoms with van der Waals surface area (Å²) in [6.07, 6.45) is 0.992. The van der Waals surface area contributed by atoms with Crippen LogP contribution in [0.1, 0.15) is 37.6 Å². The minimum Gasteiger partial charge on any atom is -0.508 e. The van der Waals surface area contributed by atoms with E-state index in [2.05, 4.69) is 25.7 Å². The number of phenolic OH excluding ortho intramolecular Hbond substituents is 1. The zero-order valence-corrected chi connectivity index (χ0v) is 11.0. The van der Waals surface area contributed by atoms with Crippen LogP contribution in [0.15, 0.2) is 24.3 Å². The molecule has 1 N–H and O–H groups in total. The summed E-state index contributed by atoms with van der Waals surface area (Å²) in [6, 6.07) is 6.39. The predicted molar refractivity (Wildman–Crippen MR) is 69.4 cm³/mol. The second-order valence-electron chi connectivity index (χ2n) is 4.99. The van der Waals surface area contributed by atoms with Gasteiger partial charge in [-0.1, -0.05) is 6.92 Å². The van der Waals surface area contributed by atoms with Crippen LogP contribution in [0.4, 0.5) is 0 Å². The van der Waals surface area contributed by atoms with Crippen molar-refractivity contribution >= 4 is 5.78 Å². The third-order valence-corrected chi connectivity index (χ3v) is 3.47. The first-order valence-corrected chi connectivity index (χ1v) is 5.90. The van der Waals surface area contributed by atoms with Crippen molar-refractivity contribution in [3.05, 3.63) is 29.8 Å². The van der Waals surface area contributed by atoms with Crippen molar-refractivity contribution in [1.82, 2.24) is 4.90 Å². The standard InChI is InChI=1S/C14H21NO2/c1-5-14(2,3)15(4)10-13(17)11-6-8-12(16)9-7-11/h6-9,16H,5,10H2,1-4H3. The number of nitrogens with zero attached hydrogens (tertiary/aromatic N) is 1. The number of phenols is 1. The van der Waals surface area contributed by atoms with Crippen LogP contribution < -0.4 is 0 Å². The molecule has 0 aliphatic rings. The van der Waals surface area contributed by atoms with Crippen molar-refractivity contribution in [3.63, 3.8) is 0 Å². The summed E-state index contributed by atoms with van der Waals surface area (Å²) in [4.78, 5) is 14.1. The Bertz CT molecular complexity index is 382. The molecular formula is C14H21NO2. The lowest BCUT2D eigenvalue weighted by atomic mass is 9.99. The number of hydrogen-bond acceptors (Lipinski definition) is 3. The number of Topliss-reactive ketones (excluding diaryl/α,β-unsaturated/α-hetero) is 1. The number of hydrogen-bond donors (Lipinski definition) is 1. The zero-order chi connectivity index (χ0) is 13.1. The first kappa shape index (κ1) is 13.7. The van der Waals surface area contributed by atoms with Crippen LogP contribution in [0.5, 0.6) is 5.75 Å². The van der Waals surface area contributed by atoms with Crippen LogP contribution in [-0.2, 0) is 0 Å². The summed E-state index contributed by atoms with van der Waals surface area (Å²) in [7, 11) is 1.96. The SMILES string of the molecule is CCC(C)(C)N(C)CC(=O)c1ccc(O)cc1. The fraction of sp³-hybridized carbons (Fsp3) is 0.500. The molecule has 0 saturated heterocycles. The number of carbonyl (C=O) groups is 1. The van der Waals surface area contributed by atoms with Crippen LogP contribution in [0.3, 0.4) is 0 Å². The summed E-state index contributed by atoms with van der Waals surface area (Å²) in [5.74, 6) is 0.262. The molecule has 3 heteroatoms. The lowest BCUT2D eigenvalue weighted by molar-refractivity contribution is 0.0847. The molecule has 0 radical (unpaired) electrons. The minimum absolute atomic E-state index is 0.0204. The summed E-state index contributed by atoms with van der Waals surface area (Å²) >= 11 is 0. The van der Waals surface area contributed by atoms with E-state index < -0.39 is 0 Å². The molecule has 0 bridgehead atoms. The molecule has 3 nitrogen and oxygen atoms in total. The lowest BCUT2D eigenvalue weighted by Crippen LogP contribution is -2.43. The highest BCUT2D eigenvalue weighted by atomic mass is 16.3. The number of rotatable bonds is 5. The highest BCUT2D eigenvalue weighted by molar-refractivity contribution is 5.97. The quantitative estimate of drug-likeness (QED) is 0.798. The zero-order valence-electron chi connectivity index (χ0n) is 11.0. The van der Waals surface area contributed by atoms with Crippen molar-refractivity contribution in [2.24, 2.45) is 0 Å². The van der Waals surface area contributed by atoms with Gasteiger partial charge in [-0.2, -0.15) is 0 Å². The summed E-state index contributed by atoms with van der Waals surface area (Å²) in [5, 5.41) is 9.17. The maximum atomic E-state index is 12.0. The first-order chi connectivity index (χ1) is 7.86. The highest BCUT2D eigenvalue weighted by Gasteiger charge is 2.23. The number of ketones is 1. The van der Waals surface area contributed by atoms with E-state index in [0.717, 1.165) is 6.42 Å². The van der Waals surface area contributed by atoms with Crippen molar-refractivity contribution in [3.8, 4) is 5.75 Å². The van der Waals surface area contributed by atoms with Gasteiger partial charge in [-0.3, -0.25) is 9.69 Å². The second kappa shape index (κ2) is 5.32. The van der Waals surface area contributed by atoms with Crippen LogP contribution in [0.25, 0.3) is 0 Å². The Morgan fingerprint density at radius 3 is 2.29 bits per heavy atom. The summed E-state index contributed by atoms with van der Waals surface area (Å²) in [6.45, 7) is 6.75. The average Bonchev–Trinajstić information content (AvgIpc) is 2.29. The van der Waals surface area contributed by atoms with Gasteiger partial charge in [-0.25, -0.2) is 0 Å². The van der Waals surface area contributed by atoms with E-state index in [1.807, 2.05) is 7.05 Å². The largest absolute Gasteiger partial charge is 0.508 e. The molecule has 0 unspecified atom stereocenters. The van der Waals surface area contributed by atoms with Gasteiger partial charge in [0.1, 0.15) is 5.75 Å². The van der Waals surface area contributed by atoms with E-state index in [0.29, 0.717) is 12.1 Å². The van der Waals surface area contributed by atoms with Gasteiger partial charge in [0, 0.05) is 11.1 Å². The molecule has 0 atom stereocenters. The number of likely N-dealkylation sites (N-methyl/N-ethyl adjacent to an activating group) is 1. The van der Waals surface area contributed by atoms with Gasteiger partial charge in [0.2, 0.25) is 0 Å². The van der Waals surface area contributed by atoms with E-state index in [9.17, 15) is 4.79 Å². The van der Waals surface area contributed by atoms with E-state index in [-0.39, 0.29) is 17.1 Å². The van der Waals surface area contributed by atoms with E-state index in [1.165, 1.54) is 12.1 Å². The molecule has 0 spiro atoms. The average molecular weight is 235 g/mol. The normalized spacial score (nSPS) is 11.8. The van der Waals surface area contributed by atoms with Gasteiger partial charge in [0.25, 0.3) is 0 Å². The van der Waals surface area contributed by atoms with Crippen LogP contribution in [0.2, 0.25) is 0 Å². The Kier molecular flexibility index (Phi) is 4.29. The Hall–Kier alpha value is -1.35. The Morgan fingerprint density at radius 2 is 1.82 bits per heavy atom. The maximum Gasteiger partial charge on any atom is 0.176 e. The monoisotopic (exact) mass is 235 g/mol. The smallest absolute Gasteiger partial charge is 0.176 e. The van der Waals surface area contributed by atoms with Gasteiger partial charge in [0.05, 0.1) is 6.54 Å². The van der Waals surface area contributed by atoms with Gasteiger partial charge in [0.15, 0.2) is 5.78 Å². The fourth-order valence-electron chi connectivity index (χ4n) is 1.44. The molecule has 17 heavy (non-hydrogen) atoms. The van der Waals surface area contributed by atoms with Gasteiger partial charge < -0.3 is 5.11 Å². The topological polar surface area (TPSA) is 40.5 Å². The van der Waals surface area contributed by atoms with Crippen molar-refractivity contribution in [1.29, 1.82) is 0 Å². The summed E-state index contributed by atoms with van der Waals surface area (Å²) in [5.41, 5.74) is 0.661. The number of benzene rings is 1. The van der Waals surface area contributed by atoms with E-state index in [1.54, 1.807) is 12.1 Å². The van der Waals surface area contributed by atoms with Gasteiger partial charge in [-0.05, 0) is 51.6 Å². The first-order valence-electron chi connectivity index (χ1n) is 5.90. The van der Waals surface area contributed by atoms with Gasteiger partial charge in [-0.15, -0.1) is 0 Å². The highest BCUT2D eigenvalue weighted by Crippen LogP contribution is 2.17. The Labute approximate surface area is 103 Å². The third-order valence-electron chi connectivity index (χ3n) is 3.47.